The maximum absolute atomic E-state index is 8.50. The summed E-state index contributed by atoms with van der Waals surface area (Å²) >= 11 is 0. The number of nitriles is 1. The van der Waals surface area contributed by atoms with Crippen molar-refractivity contribution in [2.24, 2.45) is 5.10 Å². The average molecular weight is 153 g/mol. The largest absolute Gasteiger partial charge is 0.274 e. The van der Waals surface area contributed by atoms with Gasteiger partial charge in [0.1, 0.15) is 6.07 Å². The summed E-state index contributed by atoms with van der Waals surface area (Å²) in [6.07, 6.45) is 0. The van der Waals surface area contributed by atoms with Gasteiger partial charge in [0, 0.05) is 6.54 Å². The van der Waals surface area contributed by atoms with E-state index in [1.54, 1.807) is 10.2 Å². The quantitative estimate of drug-likeness (QED) is 0.602. The number of nitrogens with one attached hydrogen (secondary N) is 1. The summed E-state index contributed by atoms with van der Waals surface area (Å²) in [6.45, 7) is 5.54. The molecule has 1 aliphatic rings. The lowest BCUT2D eigenvalue weighted by atomic mass is 10.7. The molecule has 0 spiro atoms. The summed E-state index contributed by atoms with van der Waals surface area (Å²) in [7, 11) is 0. The molecular formula is C6H11N5. The summed E-state index contributed by atoms with van der Waals surface area (Å²) in [6, 6.07) is 1.95. The Labute approximate surface area is 65.8 Å². The molecule has 0 aromatic carbocycles. The van der Waals surface area contributed by atoms with E-state index in [-0.39, 0.29) is 0 Å². The Morgan fingerprint density at radius 2 is 2.27 bits per heavy atom. The third-order valence-electron chi connectivity index (χ3n) is 1.42. The van der Waals surface area contributed by atoms with E-state index in [4.69, 9.17) is 5.26 Å². The van der Waals surface area contributed by atoms with E-state index in [0.717, 1.165) is 13.1 Å². The fourth-order valence-corrected chi connectivity index (χ4v) is 0.903. The first kappa shape index (κ1) is 7.82. The van der Waals surface area contributed by atoms with Crippen molar-refractivity contribution < 1.29 is 0 Å². The van der Waals surface area contributed by atoms with Gasteiger partial charge in [-0.05, 0) is 13.8 Å². The molecule has 5 nitrogen and oxygen atoms in total. The van der Waals surface area contributed by atoms with Gasteiger partial charge < -0.3 is 0 Å². The smallest absolute Gasteiger partial charge is 0.241 e. The van der Waals surface area contributed by atoms with Crippen LogP contribution < -0.4 is 5.43 Å². The van der Waals surface area contributed by atoms with Crippen LogP contribution in [0, 0.1) is 11.3 Å². The molecule has 0 aromatic heterocycles. The van der Waals surface area contributed by atoms with Crippen LogP contribution >= 0.6 is 0 Å². The van der Waals surface area contributed by atoms with Crippen LogP contribution in [0.25, 0.3) is 0 Å². The predicted molar refractivity (Wildman–Crippen MR) is 40.9 cm³/mol. The summed E-state index contributed by atoms with van der Waals surface area (Å²) in [5.41, 5.74) is 2.84. The van der Waals surface area contributed by atoms with E-state index in [0.29, 0.717) is 5.84 Å². The van der Waals surface area contributed by atoms with Crippen molar-refractivity contribution in [3.63, 3.8) is 0 Å². The van der Waals surface area contributed by atoms with Crippen molar-refractivity contribution in [2.45, 2.75) is 13.8 Å². The topological polar surface area (TPSA) is 54.7 Å². The van der Waals surface area contributed by atoms with E-state index in [1.165, 1.54) is 0 Å². The third kappa shape index (κ3) is 1.41. The fraction of sp³-hybridized carbons (Fsp3) is 0.667. The molecule has 0 bridgehead atoms. The van der Waals surface area contributed by atoms with Crippen LogP contribution in [0.15, 0.2) is 5.10 Å². The van der Waals surface area contributed by atoms with Gasteiger partial charge in [0.25, 0.3) is 0 Å². The zero-order valence-corrected chi connectivity index (χ0v) is 6.70. The van der Waals surface area contributed by atoms with Crippen LogP contribution in [-0.4, -0.2) is 29.2 Å². The molecule has 1 N–H and O–H groups in total. The summed E-state index contributed by atoms with van der Waals surface area (Å²) < 4.78 is 0. The van der Waals surface area contributed by atoms with Gasteiger partial charge in [-0.25, -0.2) is 5.12 Å². The molecule has 60 valence electrons. The minimum atomic E-state index is 0.355. The van der Waals surface area contributed by atoms with Gasteiger partial charge in [0.15, 0.2) is 0 Å². The molecule has 0 aliphatic carbocycles. The van der Waals surface area contributed by atoms with Gasteiger partial charge in [-0.2, -0.15) is 5.26 Å². The lowest BCUT2D eigenvalue weighted by Crippen LogP contribution is -2.43. The second-order valence-corrected chi connectivity index (χ2v) is 2.08. The van der Waals surface area contributed by atoms with Crippen molar-refractivity contribution in [3.05, 3.63) is 0 Å². The lowest BCUT2D eigenvalue weighted by molar-refractivity contribution is -0.0177. The number of nitrogens with zero attached hydrogens (tertiary/aromatic N) is 4. The van der Waals surface area contributed by atoms with Gasteiger partial charge in [-0.15, -0.1) is 10.2 Å². The van der Waals surface area contributed by atoms with E-state index in [9.17, 15) is 0 Å². The monoisotopic (exact) mass is 153 g/mol. The molecule has 11 heavy (non-hydrogen) atoms. The maximum Gasteiger partial charge on any atom is 0.241 e. The standard InChI is InChI=1S/C6H11N5/c1-3-10-8-6(5-7)9-11(10)4-2/h3-4H2,1-2H3,(H,8,9). The molecule has 0 radical (unpaired) electrons. The number of hydrazine groups is 2. The highest BCUT2D eigenvalue weighted by atomic mass is 15.9. The highest BCUT2D eigenvalue weighted by molar-refractivity contribution is 5.96. The normalized spacial score (nSPS) is 17.5. The number of hydrogen-bond acceptors (Lipinski definition) is 5. The van der Waals surface area contributed by atoms with E-state index in [2.05, 4.69) is 10.5 Å². The Morgan fingerprint density at radius 1 is 1.55 bits per heavy atom. The summed E-state index contributed by atoms with van der Waals surface area (Å²) in [5.74, 6) is 0.355. The SMILES string of the molecule is CCN1N=C(C#N)NN1CC. The molecule has 0 aromatic rings. The fourth-order valence-electron chi connectivity index (χ4n) is 0.903. The van der Waals surface area contributed by atoms with Gasteiger partial charge in [-0.3, -0.25) is 5.43 Å². The average Bonchev–Trinajstić information content (AvgIpc) is 2.46. The van der Waals surface area contributed by atoms with Crippen LogP contribution in [0.5, 0.6) is 0 Å². The molecule has 1 heterocycles. The second-order valence-electron chi connectivity index (χ2n) is 2.08. The number of amidine groups is 1. The van der Waals surface area contributed by atoms with Gasteiger partial charge in [0.2, 0.25) is 5.84 Å². The highest BCUT2D eigenvalue weighted by Crippen LogP contribution is 2.01. The van der Waals surface area contributed by atoms with Crippen molar-refractivity contribution in [3.8, 4) is 6.07 Å². The van der Waals surface area contributed by atoms with Crippen molar-refractivity contribution in [1.29, 1.82) is 5.26 Å². The van der Waals surface area contributed by atoms with Gasteiger partial charge in [0.05, 0.1) is 6.54 Å². The summed E-state index contributed by atoms with van der Waals surface area (Å²) in [5, 5.41) is 16.0. The van der Waals surface area contributed by atoms with Crippen LogP contribution in [0.1, 0.15) is 13.8 Å². The molecule has 0 unspecified atom stereocenters. The molecular weight excluding hydrogens is 142 g/mol. The number of rotatable bonds is 2. The predicted octanol–water partition coefficient (Wildman–Crippen LogP) is -0.0995. The van der Waals surface area contributed by atoms with Crippen LogP contribution in [0.3, 0.4) is 0 Å². The first-order valence-electron chi connectivity index (χ1n) is 3.62. The molecule has 0 saturated carbocycles. The Bertz CT molecular complexity index is 204. The van der Waals surface area contributed by atoms with Crippen LogP contribution in [0.2, 0.25) is 0 Å². The first-order chi connectivity index (χ1) is 5.31. The minimum Gasteiger partial charge on any atom is -0.274 e. The number of hydrazone groups is 1. The third-order valence-corrected chi connectivity index (χ3v) is 1.42. The van der Waals surface area contributed by atoms with E-state index >= 15 is 0 Å². The minimum absolute atomic E-state index is 0.355. The second kappa shape index (κ2) is 3.21. The van der Waals surface area contributed by atoms with Crippen molar-refractivity contribution >= 4 is 5.84 Å². The Kier molecular flexibility index (Phi) is 2.28. The first-order valence-corrected chi connectivity index (χ1v) is 3.62. The zero-order chi connectivity index (χ0) is 8.27. The maximum atomic E-state index is 8.50. The van der Waals surface area contributed by atoms with Gasteiger partial charge in [-0.1, -0.05) is 0 Å². The zero-order valence-electron chi connectivity index (χ0n) is 6.70. The molecule has 1 aliphatic heterocycles. The molecule has 0 saturated heterocycles. The number of hydrogen-bond donors (Lipinski definition) is 1. The van der Waals surface area contributed by atoms with Crippen molar-refractivity contribution in [2.75, 3.05) is 13.1 Å². The van der Waals surface area contributed by atoms with Crippen molar-refractivity contribution in [1.82, 2.24) is 15.7 Å². The van der Waals surface area contributed by atoms with Crippen LogP contribution in [-0.2, 0) is 0 Å². The summed E-state index contributed by atoms with van der Waals surface area (Å²) in [4.78, 5) is 0. The lowest BCUT2D eigenvalue weighted by Gasteiger charge is -2.22. The van der Waals surface area contributed by atoms with E-state index < -0.39 is 0 Å². The Hall–Kier alpha value is -1.28. The molecule has 1 rings (SSSR count). The van der Waals surface area contributed by atoms with Gasteiger partial charge >= 0.3 is 0 Å². The molecule has 0 amide bonds. The molecule has 0 fully saturated rings. The highest BCUT2D eigenvalue weighted by Gasteiger charge is 2.18. The molecule has 5 heteroatoms. The Balaban J connectivity index is 2.62. The Morgan fingerprint density at radius 3 is 2.64 bits per heavy atom. The van der Waals surface area contributed by atoms with E-state index in [1.807, 2.05) is 19.9 Å². The molecule has 0 atom stereocenters. The van der Waals surface area contributed by atoms with Crippen LogP contribution in [0.4, 0.5) is 0 Å².